The van der Waals surface area contributed by atoms with Crippen molar-refractivity contribution in [2.45, 2.75) is 13.5 Å². The van der Waals surface area contributed by atoms with Gasteiger partial charge < -0.3 is 15.8 Å². The van der Waals surface area contributed by atoms with Gasteiger partial charge in [0.1, 0.15) is 29.4 Å². The number of carbonyl (C=O) groups excluding carboxylic acids is 1. The number of nitrogens with two attached hydrogens (primary N) is 1. The summed E-state index contributed by atoms with van der Waals surface area (Å²) in [6.45, 7) is 2.90. The van der Waals surface area contributed by atoms with E-state index in [1.807, 2.05) is 71.5 Å². The Balaban J connectivity index is 1.16. The number of carbonyl (C=O) groups is 1. The average Bonchev–Trinajstić information content (AvgIpc) is 3.64. The molecule has 0 radical (unpaired) electrons. The lowest BCUT2D eigenvalue weighted by atomic mass is 10.1. The van der Waals surface area contributed by atoms with Gasteiger partial charge in [-0.25, -0.2) is 14.6 Å². The molecule has 6 aromatic rings. The van der Waals surface area contributed by atoms with Crippen LogP contribution >= 0.6 is 0 Å². The Kier molecular flexibility index (Phi) is 7.75. The molecule has 3 aromatic carbocycles. The van der Waals surface area contributed by atoms with E-state index in [2.05, 4.69) is 15.4 Å². The quantitative estimate of drug-likeness (QED) is 0.250. The van der Waals surface area contributed by atoms with Gasteiger partial charge in [-0.2, -0.15) is 5.10 Å². The van der Waals surface area contributed by atoms with Crippen molar-refractivity contribution in [2.75, 3.05) is 17.7 Å². The second-order valence-electron chi connectivity index (χ2n) is 10.1. The van der Waals surface area contributed by atoms with Gasteiger partial charge in [-0.15, -0.1) is 0 Å². The monoisotopic (exact) mass is 586 g/mol. The molecule has 44 heavy (non-hydrogen) atoms. The first-order valence-electron chi connectivity index (χ1n) is 14.0. The molecular weight excluding hydrogens is 556 g/mol. The Bertz CT molecular complexity index is 1960. The minimum atomic E-state index is -0.486. The summed E-state index contributed by atoms with van der Waals surface area (Å²) in [6, 6.07) is 25.8. The predicted octanol–water partition coefficient (Wildman–Crippen LogP) is 4.72. The maximum atomic E-state index is 13.2. The van der Waals surface area contributed by atoms with Crippen LogP contribution in [0.25, 0.3) is 28.2 Å². The molecule has 11 heteroatoms. The molecule has 0 aliphatic rings. The summed E-state index contributed by atoms with van der Waals surface area (Å²) in [5.74, 6) is 0.540. The van der Waals surface area contributed by atoms with Crippen molar-refractivity contribution in [2.24, 2.45) is 7.05 Å². The van der Waals surface area contributed by atoms with Crippen LogP contribution < -0.4 is 21.3 Å². The fourth-order valence-electron chi connectivity index (χ4n) is 4.90. The molecule has 0 saturated carbocycles. The van der Waals surface area contributed by atoms with E-state index in [0.29, 0.717) is 41.6 Å². The Morgan fingerprint density at radius 3 is 2.39 bits per heavy atom. The third kappa shape index (κ3) is 5.71. The van der Waals surface area contributed by atoms with Gasteiger partial charge >= 0.3 is 0 Å². The van der Waals surface area contributed by atoms with Crippen molar-refractivity contribution in [1.29, 1.82) is 0 Å². The minimum Gasteiger partial charge on any atom is -0.492 e. The van der Waals surface area contributed by atoms with E-state index in [9.17, 15) is 9.59 Å². The zero-order valence-electron chi connectivity index (χ0n) is 24.2. The number of ether oxygens (including phenoxy) is 1. The van der Waals surface area contributed by atoms with Crippen LogP contribution in [0.3, 0.4) is 0 Å². The van der Waals surface area contributed by atoms with Gasteiger partial charge in [0.15, 0.2) is 0 Å². The topological polar surface area (TPSA) is 135 Å². The highest BCUT2D eigenvalue weighted by Crippen LogP contribution is 2.28. The number of anilines is 2. The van der Waals surface area contributed by atoms with E-state index >= 15 is 0 Å². The summed E-state index contributed by atoms with van der Waals surface area (Å²) >= 11 is 0. The fourth-order valence-corrected chi connectivity index (χ4v) is 4.90. The van der Waals surface area contributed by atoms with Crippen molar-refractivity contribution >= 4 is 17.4 Å². The molecule has 0 unspecified atom stereocenters. The van der Waals surface area contributed by atoms with Crippen LogP contribution in [-0.2, 0) is 13.6 Å². The first kappa shape index (κ1) is 28.2. The number of nitrogens with one attached hydrogen (secondary N) is 1. The van der Waals surface area contributed by atoms with Gasteiger partial charge in [0.2, 0.25) is 0 Å². The smallest absolute Gasteiger partial charge is 0.284 e. The Hall–Kier alpha value is -5.97. The molecule has 3 N–H and O–H groups in total. The first-order chi connectivity index (χ1) is 21.4. The second kappa shape index (κ2) is 12.1. The van der Waals surface area contributed by atoms with Crippen LogP contribution in [0.1, 0.15) is 16.1 Å². The molecule has 220 valence electrons. The normalized spacial score (nSPS) is 11.0. The highest BCUT2D eigenvalue weighted by molar-refractivity contribution is 6.05. The number of para-hydroxylation sites is 1. The van der Waals surface area contributed by atoms with Gasteiger partial charge in [-0.3, -0.25) is 19.0 Å². The maximum absolute atomic E-state index is 13.2. The van der Waals surface area contributed by atoms with Crippen LogP contribution in [0.15, 0.2) is 108 Å². The van der Waals surface area contributed by atoms with E-state index in [4.69, 9.17) is 15.5 Å². The minimum absolute atomic E-state index is 0.0811. The van der Waals surface area contributed by atoms with Gasteiger partial charge in [-0.1, -0.05) is 30.3 Å². The molecule has 0 aliphatic heterocycles. The van der Waals surface area contributed by atoms with Gasteiger partial charge in [0.25, 0.3) is 11.5 Å². The van der Waals surface area contributed by atoms with Gasteiger partial charge in [0, 0.05) is 36.3 Å². The number of nitrogens with zero attached hydrogens (tertiary/aromatic N) is 6. The van der Waals surface area contributed by atoms with E-state index in [1.54, 1.807) is 55.3 Å². The number of aromatic nitrogens is 6. The molecule has 3 heterocycles. The number of nitrogen functional groups attached to an aromatic ring is 1. The highest BCUT2D eigenvalue weighted by Gasteiger charge is 2.22. The third-order valence-electron chi connectivity index (χ3n) is 7.30. The van der Waals surface area contributed by atoms with Crippen LogP contribution in [0, 0.1) is 6.92 Å². The molecule has 0 saturated heterocycles. The predicted molar refractivity (Wildman–Crippen MR) is 169 cm³/mol. The number of rotatable bonds is 9. The largest absolute Gasteiger partial charge is 0.492 e. The lowest BCUT2D eigenvalue weighted by Gasteiger charge is -2.10. The summed E-state index contributed by atoms with van der Waals surface area (Å²) in [5, 5.41) is 7.01. The maximum Gasteiger partial charge on any atom is 0.284 e. The molecule has 0 atom stereocenters. The standard InChI is InChI=1S/C33H30N8O3/c1-22-29(33(43)41(39(22)2)26-7-4-3-5-8-26)32(42)37-25-13-9-24(10-14-25)30-31(34)35-21-28(38-30)23-11-15-27(16-12-23)44-20-19-40-18-6-17-36-40/h3-18,21H,19-20H2,1-2H3,(H2,34,35)(H,37,42). The van der Waals surface area contributed by atoms with Gasteiger partial charge in [0.05, 0.1) is 29.8 Å². The van der Waals surface area contributed by atoms with E-state index in [0.717, 1.165) is 16.9 Å². The SMILES string of the molecule is Cc1c(C(=O)Nc2ccc(-c3nc(-c4ccc(OCCn5cccn5)cc4)cnc3N)cc2)c(=O)n(-c2ccccc2)n1C. The number of amides is 1. The van der Waals surface area contributed by atoms with Crippen molar-refractivity contribution in [1.82, 2.24) is 29.1 Å². The molecule has 1 amide bonds. The molecule has 11 nitrogen and oxygen atoms in total. The lowest BCUT2D eigenvalue weighted by Crippen LogP contribution is -2.25. The third-order valence-corrected chi connectivity index (χ3v) is 7.30. The molecule has 6 rings (SSSR count). The molecular formula is C33H30N8O3. The summed E-state index contributed by atoms with van der Waals surface area (Å²) in [7, 11) is 1.75. The fraction of sp³-hybridized carbons (Fsp3) is 0.121. The number of benzene rings is 3. The average molecular weight is 587 g/mol. The van der Waals surface area contributed by atoms with Crippen LogP contribution in [0.5, 0.6) is 5.75 Å². The Morgan fingerprint density at radius 2 is 1.68 bits per heavy atom. The van der Waals surface area contributed by atoms with Crippen molar-refractivity contribution in [3.63, 3.8) is 0 Å². The summed E-state index contributed by atoms with van der Waals surface area (Å²) in [5.41, 5.74) is 10.4. The van der Waals surface area contributed by atoms with E-state index in [1.165, 1.54) is 4.68 Å². The van der Waals surface area contributed by atoms with Crippen LogP contribution in [-0.4, -0.2) is 41.6 Å². The summed E-state index contributed by atoms with van der Waals surface area (Å²) < 4.78 is 10.8. The first-order valence-corrected chi connectivity index (χ1v) is 14.0. The lowest BCUT2D eigenvalue weighted by molar-refractivity contribution is 0.102. The van der Waals surface area contributed by atoms with Crippen LogP contribution in [0.2, 0.25) is 0 Å². The van der Waals surface area contributed by atoms with E-state index < -0.39 is 5.91 Å². The second-order valence-corrected chi connectivity index (χ2v) is 10.1. The molecule has 0 bridgehead atoms. The highest BCUT2D eigenvalue weighted by atomic mass is 16.5. The molecule has 3 aromatic heterocycles. The molecule has 0 spiro atoms. The van der Waals surface area contributed by atoms with Crippen molar-refractivity contribution in [3.05, 3.63) is 125 Å². The van der Waals surface area contributed by atoms with E-state index in [-0.39, 0.29) is 16.9 Å². The zero-order chi connectivity index (χ0) is 30.6. The van der Waals surface area contributed by atoms with Crippen molar-refractivity contribution in [3.8, 4) is 34.0 Å². The number of hydrogen-bond acceptors (Lipinski definition) is 7. The summed E-state index contributed by atoms with van der Waals surface area (Å²) in [6.07, 6.45) is 5.26. The Morgan fingerprint density at radius 1 is 0.955 bits per heavy atom. The van der Waals surface area contributed by atoms with Crippen LogP contribution in [0.4, 0.5) is 11.5 Å². The number of hydrogen-bond donors (Lipinski definition) is 2. The summed E-state index contributed by atoms with van der Waals surface area (Å²) in [4.78, 5) is 35.6. The molecule has 0 fully saturated rings. The Labute approximate surface area is 253 Å². The molecule has 0 aliphatic carbocycles. The van der Waals surface area contributed by atoms with Crippen molar-refractivity contribution < 1.29 is 9.53 Å². The van der Waals surface area contributed by atoms with Gasteiger partial charge in [-0.05, 0) is 61.5 Å². The zero-order valence-corrected chi connectivity index (χ0v) is 24.2.